The lowest BCUT2D eigenvalue weighted by atomic mass is 9.78. The van der Waals surface area contributed by atoms with Crippen LogP contribution in [0.5, 0.6) is 11.5 Å². The van der Waals surface area contributed by atoms with Gasteiger partial charge in [0.2, 0.25) is 0 Å². The van der Waals surface area contributed by atoms with Crippen LogP contribution >= 0.6 is 0 Å². The minimum atomic E-state index is 0.0398. The zero-order valence-electron chi connectivity index (χ0n) is 25.3. The van der Waals surface area contributed by atoms with Crippen LogP contribution in [0.25, 0.3) is 0 Å². The van der Waals surface area contributed by atoms with Crippen molar-refractivity contribution in [3.05, 3.63) is 95.1 Å². The summed E-state index contributed by atoms with van der Waals surface area (Å²) in [7, 11) is 0. The van der Waals surface area contributed by atoms with Crippen LogP contribution in [-0.4, -0.2) is 55.1 Å². The summed E-state index contributed by atoms with van der Waals surface area (Å²) < 4.78 is 10.8. The number of aromatic nitrogens is 6. The van der Waals surface area contributed by atoms with Crippen molar-refractivity contribution in [1.29, 1.82) is 0 Å². The third kappa shape index (κ3) is 8.72. The molecule has 0 saturated heterocycles. The van der Waals surface area contributed by atoms with Crippen LogP contribution in [0.4, 0.5) is 0 Å². The Balaban J connectivity index is 1.10. The molecular formula is C34H38N6O4. The first-order valence-corrected chi connectivity index (χ1v) is 15.3. The predicted octanol–water partition coefficient (Wildman–Crippen LogP) is 5.00. The first kappa shape index (κ1) is 30.8. The first-order chi connectivity index (χ1) is 21.5. The Kier molecular flexibility index (Phi) is 10.7. The number of carbonyl (C=O) groups is 2. The third-order valence-corrected chi connectivity index (χ3v) is 7.72. The number of ketones is 2. The second-order valence-electron chi connectivity index (χ2n) is 11.1. The van der Waals surface area contributed by atoms with Gasteiger partial charge in [0.1, 0.15) is 23.1 Å². The quantitative estimate of drug-likeness (QED) is 0.196. The van der Waals surface area contributed by atoms with E-state index in [0.29, 0.717) is 47.5 Å². The molecule has 0 aromatic carbocycles. The van der Waals surface area contributed by atoms with Gasteiger partial charge in [-0.15, -0.1) is 0 Å². The van der Waals surface area contributed by atoms with Crippen LogP contribution < -0.4 is 9.47 Å². The van der Waals surface area contributed by atoms with Crippen molar-refractivity contribution in [2.45, 2.75) is 77.0 Å². The molecule has 0 radical (unpaired) electrons. The van der Waals surface area contributed by atoms with Crippen molar-refractivity contribution in [3.63, 3.8) is 0 Å². The van der Waals surface area contributed by atoms with Crippen molar-refractivity contribution < 1.29 is 19.1 Å². The van der Waals surface area contributed by atoms with E-state index < -0.39 is 0 Å². The fourth-order valence-corrected chi connectivity index (χ4v) is 5.56. The van der Waals surface area contributed by atoms with Crippen LogP contribution in [0.1, 0.15) is 85.5 Å². The number of rotatable bonds is 14. The Labute approximate surface area is 257 Å². The minimum absolute atomic E-state index is 0.0398. The standard InChI is InChI=1S/C34H38N6O4/c1-3-43-31-12-8-25(35-21-31)17-29(41)19-27-10-14-33(39-37-27)23-6-5-7-24(16-23)34-15-11-28(38-40-34)20-30(42)18-26-9-13-32(22-36-26)44-4-2/h8-15,21-24H,3-7,16-20H2,1-2H3/t23-,24-/m0/s1. The molecule has 1 fully saturated rings. The summed E-state index contributed by atoms with van der Waals surface area (Å²) in [4.78, 5) is 33.8. The highest BCUT2D eigenvalue weighted by molar-refractivity contribution is 5.82. The van der Waals surface area contributed by atoms with Crippen LogP contribution in [0.2, 0.25) is 0 Å². The SMILES string of the molecule is CCOc1ccc(CC(=O)Cc2ccc([C@H]3CCC[C@H](c4ccc(CC(=O)Cc5ccc(OCC)cn5)nn4)C3)nn2)nc1. The number of pyridine rings is 2. The molecule has 5 rings (SSSR count). The van der Waals surface area contributed by atoms with E-state index in [1.165, 1.54) is 0 Å². The molecule has 1 aliphatic rings. The number of carbonyl (C=O) groups excluding carboxylic acids is 2. The Bertz CT molecular complexity index is 1390. The van der Waals surface area contributed by atoms with Crippen molar-refractivity contribution in [1.82, 2.24) is 30.4 Å². The van der Waals surface area contributed by atoms with E-state index in [1.54, 1.807) is 12.4 Å². The van der Waals surface area contributed by atoms with E-state index in [-0.39, 0.29) is 49.1 Å². The lowest BCUT2D eigenvalue weighted by Gasteiger charge is -2.28. The summed E-state index contributed by atoms with van der Waals surface area (Å²) >= 11 is 0. The number of Topliss-reactive ketones (excluding diaryl/α,β-unsaturated/α-hetero) is 2. The van der Waals surface area contributed by atoms with Crippen LogP contribution in [0, 0.1) is 0 Å². The van der Waals surface area contributed by atoms with Gasteiger partial charge in [0.25, 0.3) is 0 Å². The fourth-order valence-electron chi connectivity index (χ4n) is 5.56. The number of ether oxygens (including phenoxy) is 2. The third-order valence-electron chi connectivity index (χ3n) is 7.72. The Hall–Kier alpha value is -4.60. The topological polar surface area (TPSA) is 130 Å². The van der Waals surface area contributed by atoms with Gasteiger partial charge < -0.3 is 9.47 Å². The van der Waals surface area contributed by atoms with Gasteiger partial charge in [-0.2, -0.15) is 20.4 Å². The zero-order chi connectivity index (χ0) is 30.7. The molecule has 0 spiro atoms. The van der Waals surface area contributed by atoms with Gasteiger partial charge in [0.05, 0.1) is 61.2 Å². The summed E-state index contributed by atoms with van der Waals surface area (Å²) in [5.74, 6) is 2.00. The molecule has 10 heteroatoms. The Morgan fingerprint density at radius 3 is 1.41 bits per heavy atom. The van der Waals surface area contributed by atoms with Crippen molar-refractivity contribution >= 4 is 11.6 Å². The van der Waals surface area contributed by atoms with Gasteiger partial charge >= 0.3 is 0 Å². The molecule has 1 saturated carbocycles. The molecule has 4 aromatic rings. The van der Waals surface area contributed by atoms with Crippen molar-refractivity contribution in [3.8, 4) is 11.5 Å². The van der Waals surface area contributed by atoms with E-state index in [1.807, 2.05) is 62.4 Å². The summed E-state index contributed by atoms with van der Waals surface area (Å²) in [6.45, 7) is 4.99. The van der Waals surface area contributed by atoms with E-state index >= 15 is 0 Å². The molecule has 4 aromatic heterocycles. The number of hydrogen-bond acceptors (Lipinski definition) is 10. The summed E-state index contributed by atoms with van der Waals surface area (Å²) in [5.41, 5.74) is 4.62. The van der Waals surface area contributed by atoms with Crippen LogP contribution in [0.3, 0.4) is 0 Å². The normalized spacial score (nSPS) is 16.3. The second-order valence-corrected chi connectivity index (χ2v) is 11.1. The first-order valence-electron chi connectivity index (χ1n) is 15.3. The smallest absolute Gasteiger partial charge is 0.144 e. The van der Waals surface area contributed by atoms with Crippen molar-refractivity contribution in [2.75, 3.05) is 13.2 Å². The maximum absolute atomic E-state index is 12.6. The lowest BCUT2D eigenvalue weighted by molar-refractivity contribution is -0.118. The van der Waals surface area contributed by atoms with Gasteiger partial charge in [-0.3, -0.25) is 19.6 Å². The largest absolute Gasteiger partial charge is 0.492 e. The highest BCUT2D eigenvalue weighted by Gasteiger charge is 2.27. The number of nitrogens with zero attached hydrogens (tertiary/aromatic N) is 6. The van der Waals surface area contributed by atoms with Gasteiger partial charge in [-0.25, -0.2) is 0 Å². The Morgan fingerprint density at radius 1 is 0.614 bits per heavy atom. The molecule has 0 N–H and O–H groups in total. The fraction of sp³-hybridized carbons (Fsp3) is 0.412. The van der Waals surface area contributed by atoms with Gasteiger partial charge in [0.15, 0.2) is 0 Å². The van der Waals surface area contributed by atoms with Crippen LogP contribution in [-0.2, 0) is 35.3 Å². The second kappa shape index (κ2) is 15.2. The summed E-state index contributed by atoms with van der Waals surface area (Å²) in [6.07, 6.45) is 8.25. The maximum atomic E-state index is 12.6. The highest BCUT2D eigenvalue weighted by Crippen LogP contribution is 2.39. The summed E-state index contributed by atoms with van der Waals surface area (Å²) in [6, 6.07) is 15.1. The molecule has 44 heavy (non-hydrogen) atoms. The lowest BCUT2D eigenvalue weighted by Crippen LogP contribution is -2.17. The maximum Gasteiger partial charge on any atom is 0.144 e. The molecule has 228 valence electrons. The Morgan fingerprint density at radius 2 is 1.05 bits per heavy atom. The highest BCUT2D eigenvalue weighted by atomic mass is 16.5. The van der Waals surface area contributed by atoms with Crippen molar-refractivity contribution in [2.24, 2.45) is 0 Å². The van der Waals surface area contributed by atoms with E-state index in [9.17, 15) is 9.59 Å². The monoisotopic (exact) mass is 594 g/mol. The molecule has 0 bridgehead atoms. The average molecular weight is 595 g/mol. The van der Waals surface area contributed by atoms with E-state index in [0.717, 1.165) is 37.1 Å². The zero-order valence-corrected chi connectivity index (χ0v) is 25.3. The van der Waals surface area contributed by atoms with E-state index in [2.05, 4.69) is 30.4 Å². The van der Waals surface area contributed by atoms with Gasteiger partial charge in [0, 0.05) is 36.1 Å². The molecule has 4 heterocycles. The molecule has 0 amide bonds. The number of hydrogen-bond donors (Lipinski definition) is 0. The molecule has 10 nitrogen and oxygen atoms in total. The van der Waals surface area contributed by atoms with Gasteiger partial charge in [-0.05, 0) is 81.6 Å². The van der Waals surface area contributed by atoms with Gasteiger partial charge in [-0.1, -0.05) is 6.42 Å². The molecule has 2 atom stereocenters. The minimum Gasteiger partial charge on any atom is -0.492 e. The molecule has 0 aliphatic heterocycles. The average Bonchev–Trinajstić information content (AvgIpc) is 3.04. The molecule has 1 aliphatic carbocycles. The van der Waals surface area contributed by atoms with E-state index in [4.69, 9.17) is 9.47 Å². The molecule has 0 unspecified atom stereocenters. The molecular weight excluding hydrogens is 556 g/mol. The van der Waals surface area contributed by atoms with Crippen LogP contribution in [0.15, 0.2) is 60.9 Å². The predicted molar refractivity (Wildman–Crippen MR) is 164 cm³/mol. The summed E-state index contributed by atoms with van der Waals surface area (Å²) in [5, 5.41) is 17.7.